The molecule has 1 heterocycles. The zero-order valence-electron chi connectivity index (χ0n) is 10.8. The van der Waals surface area contributed by atoms with Crippen LogP contribution in [0.5, 0.6) is 0 Å². The standard InChI is InChI=1S/C15H11ClFNO2S/c16-12-6-8-21-14(12)15(20)18-11-4-5-13(17)10(9-11)3-1-2-7-19/h4-6,8-9,19H,2,7H2,(H,18,20). The summed E-state index contributed by atoms with van der Waals surface area (Å²) < 4.78 is 13.6. The molecule has 2 rings (SSSR count). The number of rotatable bonds is 3. The Morgan fingerprint density at radius 3 is 2.90 bits per heavy atom. The molecule has 1 aromatic heterocycles. The van der Waals surface area contributed by atoms with E-state index in [9.17, 15) is 9.18 Å². The Morgan fingerprint density at radius 2 is 2.24 bits per heavy atom. The Balaban J connectivity index is 2.18. The first-order valence-electron chi connectivity index (χ1n) is 6.05. The average Bonchev–Trinajstić information content (AvgIpc) is 2.89. The van der Waals surface area contributed by atoms with Crippen molar-refractivity contribution in [2.75, 3.05) is 11.9 Å². The summed E-state index contributed by atoms with van der Waals surface area (Å²) in [4.78, 5) is 12.4. The van der Waals surface area contributed by atoms with Gasteiger partial charge >= 0.3 is 0 Å². The fourth-order valence-electron chi connectivity index (χ4n) is 1.56. The predicted octanol–water partition coefficient (Wildman–Crippen LogP) is 3.53. The third kappa shape index (κ3) is 4.05. The largest absolute Gasteiger partial charge is 0.395 e. The van der Waals surface area contributed by atoms with Crippen LogP contribution in [0.2, 0.25) is 5.02 Å². The van der Waals surface area contributed by atoms with Gasteiger partial charge < -0.3 is 10.4 Å². The predicted molar refractivity (Wildman–Crippen MR) is 82.3 cm³/mol. The van der Waals surface area contributed by atoms with Crippen LogP contribution in [0.4, 0.5) is 10.1 Å². The van der Waals surface area contributed by atoms with Crippen LogP contribution in [-0.2, 0) is 0 Å². The number of hydrogen-bond acceptors (Lipinski definition) is 3. The van der Waals surface area contributed by atoms with Gasteiger partial charge in [0.15, 0.2) is 0 Å². The van der Waals surface area contributed by atoms with E-state index >= 15 is 0 Å². The third-order valence-corrected chi connectivity index (χ3v) is 3.85. The van der Waals surface area contributed by atoms with E-state index in [0.717, 1.165) is 0 Å². The molecule has 0 aliphatic carbocycles. The summed E-state index contributed by atoms with van der Waals surface area (Å²) in [7, 11) is 0. The van der Waals surface area contributed by atoms with Gasteiger partial charge in [0.25, 0.3) is 5.91 Å². The van der Waals surface area contributed by atoms with E-state index in [-0.39, 0.29) is 24.5 Å². The van der Waals surface area contributed by atoms with Gasteiger partial charge in [0.2, 0.25) is 0 Å². The molecule has 1 aromatic carbocycles. The molecule has 0 atom stereocenters. The molecule has 2 N–H and O–H groups in total. The number of aliphatic hydroxyl groups excluding tert-OH is 1. The minimum absolute atomic E-state index is 0.0814. The second-order valence-corrected chi connectivity index (χ2v) is 5.35. The van der Waals surface area contributed by atoms with Gasteiger partial charge in [-0.25, -0.2) is 4.39 Å². The van der Waals surface area contributed by atoms with Crippen molar-refractivity contribution in [3.63, 3.8) is 0 Å². The molecule has 0 aliphatic heterocycles. The number of carbonyl (C=O) groups is 1. The second-order valence-electron chi connectivity index (χ2n) is 4.02. The normalized spacial score (nSPS) is 9.86. The molecule has 0 fully saturated rings. The van der Waals surface area contributed by atoms with Crippen LogP contribution < -0.4 is 5.32 Å². The van der Waals surface area contributed by atoms with Gasteiger partial charge in [-0.1, -0.05) is 23.4 Å². The van der Waals surface area contributed by atoms with Crippen LogP contribution in [0.25, 0.3) is 0 Å². The van der Waals surface area contributed by atoms with E-state index in [2.05, 4.69) is 17.2 Å². The highest BCUT2D eigenvalue weighted by molar-refractivity contribution is 7.12. The molecule has 2 aromatic rings. The van der Waals surface area contributed by atoms with Crippen LogP contribution in [-0.4, -0.2) is 17.6 Å². The molecule has 0 spiro atoms. The van der Waals surface area contributed by atoms with Gasteiger partial charge in [-0.15, -0.1) is 11.3 Å². The van der Waals surface area contributed by atoms with Crippen LogP contribution >= 0.6 is 22.9 Å². The number of thiophene rings is 1. The highest BCUT2D eigenvalue weighted by atomic mass is 35.5. The number of nitrogens with one attached hydrogen (secondary N) is 1. The lowest BCUT2D eigenvalue weighted by Crippen LogP contribution is -2.10. The lowest BCUT2D eigenvalue weighted by atomic mass is 10.2. The maximum atomic E-state index is 13.6. The third-order valence-electron chi connectivity index (χ3n) is 2.51. The Hall–Kier alpha value is -1.87. The summed E-state index contributed by atoms with van der Waals surface area (Å²) in [6.45, 7) is -0.0814. The van der Waals surface area contributed by atoms with Gasteiger partial charge in [0, 0.05) is 12.1 Å². The quantitative estimate of drug-likeness (QED) is 0.849. The van der Waals surface area contributed by atoms with Gasteiger partial charge in [-0.3, -0.25) is 4.79 Å². The number of hydrogen-bond donors (Lipinski definition) is 2. The van der Waals surface area contributed by atoms with Crippen molar-refractivity contribution in [2.24, 2.45) is 0 Å². The van der Waals surface area contributed by atoms with E-state index < -0.39 is 5.82 Å². The maximum absolute atomic E-state index is 13.6. The highest BCUT2D eigenvalue weighted by Gasteiger charge is 2.12. The van der Waals surface area contributed by atoms with Crippen molar-refractivity contribution in [1.29, 1.82) is 0 Å². The van der Waals surface area contributed by atoms with Crippen LogP contribution in [0.3, 0.4) is 0 Å². The van der Waals surface area contributed by atoms with Crippen molar-refractivity contribution in [2.45, 2.75) is 6.42 Å². The van der Waals surface area contributed by atoms with Gasteiger partial charge in [-0.05, 0) is 29.6 Å². The Bertz CT molecular complexity index is 718. The van der Waals surface area contributed by atoms with Gasteiger partial charge in [0.1, 0.15) is 10.7 Å². The Kier molecular flexibility index (Phi) is 5.34. The fraction of sp³-hybridized carbons (Fsp3) is 0.133. The van der Waals surface area contributed by atoms with E-state index in [1.54, 1.807) is 11.4 Å². The fourth-order valence-corrected chi connectivity index (χ4v) is 2.59. The summed E-state index contributed by atoms with van der Waals surface area (Å²) >= 11 is 7.11. The number of amides is 1. The molecule has 0 bridgehead atoms. The van der Waals surface area contributed by atoms with E-state index in [1.807, 2.05) is 0 Å². The summed E-state index contributed by atoms with van der Waals surface area (Å²) in [5.74, 6) is 4.42. The molecule has 108 valence electrons. The average molecular weight is 324 g/mol. The molecule has 6 heteroatoms. The zero-order chi connectivity index (χ0) is 15.2. The molecule has 0 aliphatic rings. The maximum Gasteiger partial charge on any atom is 0.267 e. The second kappa shape index (κ2) is 7.23. The van der Waals surface area contributed by atoms with E-state index in [4.69, 9.17) is 16.7 Å². The first-order valence-corrected chi connectivity index (χ1v) is 7.31. The van der Waals surface area contributed by atoms with Crippen molar-refractivity contribution in [3.05, 3.63) is 50.9 Å². The van der Waals surface area contributed by atoms with Gasteiger partial charge in [0.05, 0.1) is 17.2 Å². The molecular formula is C15H11ClFNO2S. The zero-order valence-corrected chi connectivity index (χ0v) is 12.4. The van der Waals surface area contributed by atoms with Crippen molar-refractivity contribution >= 4 is 34.5 Å². The highest BCUT2D eigenvalue weighted by Crippen LogP contribution is 2.23. The van der Waals surface area contributed by atoms with Crippen LogP contribution in [0, 0.1) is 17.7 Å². The van der Waals surface area contributed by atoms with Crippen LogP contribution in [0.1, 0.15) is 21.7 Å². The first kappa shape index (κ1) is 15.5. The molecule has 21 heavy (non-hydrogen) atoms. The molecular weight excluding hydrogens is 313 g/mol. The summed E-state index contributed by atoms with van der Waals surface area (Å²) in [6, 6.07) is 5.76. The monoisotopic (exact) mass is 323 g/mol. The minimum Gasteiger partial charge on any atom is -0.395 e. The Labute approximate surface area is 130 Å². The molecule has 0 radical (unpaired) electrons. The van der Waals surface area contributed by atoms with Crippen molar-refractivity contribution in [1.82, 2.24) is 0 Å². The SMILES string of the molecule is O=C(Nc1ccc(F)c(C#CCCO)c1)c1sccc1Cl. The lowest BCUT2D eigenvalue weighted by molar-refractivity contribution is 0.103. The minimum atomic E-state index is -0.479. The molecule has 0 saturated carbocycles. The topological polar surface area (TPSA) is 49.3 Å². The summed E-state index contributed by atoms with van der Waals surface area (Å²) in [5.41, 5.74) is 0.595. The molecule has 0 unspecified atom stereocenters. The number of halogens is 2. The van der Waals surface area contributed by atoms with E-state index in [0.29, 0.717) is 15.6 Å². The van der Waals surface area contributed by atoms with E-state index in [1.165, 1.54) is 29.5 Å². The number of aliphatic hydroxyl groups is 1. The molecule has 0 saturated heterocycles. The number of carbonyl (C=O) groups excluding carboxylic acids is 1. The lowest BCUT2D eigenvalue weighted by Gasteiger charge is -2.05. The smallest absolute Gasteiger partial charge is 0.267 e. The number of benzene rings is 1. The molecule has 3 nitrogen and oxygen atoms in total. The van der Waals surface area contributed by atoms with Crippen LogP contribution in [0.15, 0.2) is 29.6 Å². The van der Waals surface area contributed by atoms with Crippen molar-refractivity contribution < 1.29 is 14.3 Å². The molecule has 1 amide bonds. The Morgan fingerprint density at radius 1 is 1.43 bits per heavy atom. The summed E-state index contributed by atoms with van der Waals surface area (Å²) in [6.07, 6.45) is 0.265. The number of anilines is 1. The first-order chi connectivity index (χ1) is 10.1. The summed E-state index contributed by atoms with van der Waals surface area (Å²) in [5, 5.41) is 13.4. The van der Waals surface area contributed by atoms with Crippen molar-refractivity contribution in [3.8, 4) is 11.8 Å². The van der Waals surface area contributed by atoms with Gasteiger partial charge in [-0.2, -0.15) is 0 Å².